The monoisotopic (exact) mass is 314 g/mol. The van der Waals surface area contributed by atoms with Crippen molar-refractivity contribution >= 4 is 11.7 Å². The summed E-state index contributed by atoms with van der Waals surface area (Å²) in [4.78, 5) is 32.3. The Balaban J connectivity index is 1.62. The van der Waals surface area contributed by atoms with E-state index in [9.17, 15) is 4.79 Å². The highest BCUT2D eigenvalue weighted by Crippen LogP contribution is 2.19. The molecule has 120 valence electrons. The van der Waals surface area contributed by atoms with Gasteiger partial charge in [0.25, 0.3) is 5.91 Å². The molecule has 3 heterocycles. The number of hydrogen-bond acceptors (Lipinski definition) is 7. The van der Waals surface area contributed by atoms with E-state index < -0.39 is 0 Å². The van der Waals surface area contributed by atoms with Crippen LogP contribution in [0.5, 0.6) is 5.88 Å². The van der Waals surface area contributed by atoms with Crippen molar-refractivity contribution in [2.24, 2.45) is 0 Å². The predicted molar refractivity (Wildman–Crippen MR) is 83.3 cm³/mol. The number of aromatic nitrogens is 4. The van der Waals surface area contributed by atoms with E-state index >= 15 is 0 Å². The van der Waals surface area contributed by atoms with Crippen molar-refractivity contribution in [2.75, 3.05) is 32.1 Å². The zero-order valence-electron chi connectivity index (χ0n) is 13.1. The first kappa shape index (κ1) is 15.1. The third-order valence-corrected chi connectivity index (χ3v) is 3.53. The fourth-order valence-corrected chi connectivity index (χ4v) is 2.34. The summed E-state index contributed by atoms with van der Waals surface area (Å²) in [7, 11) is 3.78. The number of rotatable bonds is 4. The first-order valence-corrected chi connectivity index (χ1v) is 7.36. The van der Waals surface area contributed by atoms with Crippen LogP contribution in [0.15, 0.2) is 30.9 Å². The summed E-state index contributed by atoms with van der Waals surface area (Å²) in [6.07, 6.45) is 7.02. The van der Waals surface area contributed by atoms with Crippen LogP contribution in [0.2, 0.25) is 0 Å². The van der Waals surface area contributed by atoms with E-state index in [1.807, 2.05) is 19.0 Å². The number of hydrogen-bond donors (Lipinski definition) is 0. The number of carbonyl (C=O) groups excluding carboxylic acids is 1. The van der Waals surface area contributed by atoms with E-state index in [1.54, 1.807) is 35.8 Å². The van der Waals surface area contributed by atoms with Crippen LogP contribution in [-0.4, -0.2) is 64.0 Å². The Kier molecular flexibility index (Phi) is 4.31. The molecule has 1 fully saturated rings. The van der Waals surface area contributed by atoms with Gasteiger partial charge >= 0.3 is 0 Å². The molecule has 0 aliphatic carbocycles. The molecular weight excluding hydrogens is 296 g/mol. The molecule has 0 bridgehead atoms. The van der Waals surface area contributed by atoms with Gasteiger partial charge in [0.05, 0.1) is 18.9 Å². The van der Waals surface area contributed by atoms with Gasteiger partial charge in [-0.05, 0) is 6.07 Å². The molecule has 1 amide bonds. The van der Waals surface area contributed by atoms with Crippen molar-refractivity contribution in [1.29, 1.82) is 0 Å². The third kappa shape index (κ3) is 3.53. The van der Waals surface area contributed by atoms with Crippen molar-refractivity contribution in [3.05, 3.63) is 36.7 Å². The van der Waals surface area contributed by atoms with Gasteiger partial charge in [-0.3, -0.25) is 9.78 Å². The lowest BCUT2D eigenvalue weighted by atomic mass is 10.3. The summed E-state index contributed by atoms with van der Waals surface area (Å²) in [6.45, 7) is 1.10. The zero-order chi connectivity index (χ0) is 16.2. The zero-order valence-corrected chi connectivity index (χ0v) is 13.1. The Morgan fingerprint density at radius 1 is 1.30 bits per heavy atom. The van der Waals surface area contributed by atoms with E-state index in [0.717, 1.165) is 12.2 Å². The molecule has 1 aliphatic rings. The highest BCUT2D eigenvalue weighted by atomic mass is 16.5. The SMILES string of the molecule is CN(C)c1cncc(O[C@@H]2CCN(C(=O)c3ncccn3)C2)n1. The molecule has 3 rings (SSSR count). The minimum Gasteiger partial charge on any atom is -0.471 e. The largest absolute Gasteiger partial charge is 0.471 e. The summed E-state index contributed by atoms with van der Waals surface area (Å²) in [6, 6.07) is 1.68. The quantitative estimate of drug-likeness (QED) is 0.818. The summed E-state index contributed by atoms with van der Waals surface area (Å²) < 4.78 is 5.85. The van der Waals surface area contributed by atoms with Crippen molar-refractivity contribution in [3.8, 4) is 5.88 Å². The molecule has 1 atom stereocenters. The van der Waals surface area contributed by atoms with Crippen LogP contribution in [0.25, 0.3) is 0 Å². The highest BCUT2D eigenvalue weighted by molar-refractivity contribution is 5.90. The summed E-state index contributed by atoms with van der Waals surface area (Å²) in [5, 5.41) is 0. The Labute approximate surface area is 134 Å². The maximum Gasteiger partial charge on any atom is 0.291 e. The highest BCUT2D eigenvalue weighted by Gasteiger charge is 2.29. The molecule has 0 saturated carbocycles. The van der Waals surface area contributed by atoms with Gasteiger partial charge in [-0.25, -0.2) is 9.97 Å². The summed E-state index contributed by atoms with van der Waals surface area (Å²) >= 11 is 0. The number of amides is 1. The maximum absolute atomic E-state index is 12.3. The van der Waals surface area contributed by atoms with Crippen molar-refractivity contribution in [3.63, 3.8) is 0 Å². The van der Waals surface area contributed by atoms with Gasteiger partial charge < -0.3 is 14.5 Å². The van der Waals surface area contributed by atoms with E-state index in [1.165, 1.54) is 0 Å². The number of likely N-dealkylation sites (tertiary alicyclic amines) is 1. The van der Waals surface area contributed by atoms with Crippen molar-refractivity contribution in [1.82, 2.24) is 24.8 Å². The topological polar surface area (TPSA) is 84.3 Å². The molecule has 0 N–H and O–H groups in total. The van der Waals surface area contributed by atoms with Gasteiger partial charge in [-0.2, -0.15) is 4.98 Å². The van der Waals surface area contributed by atoms with Crippen LogP contribution < -0.4 is 9.64 Å². The predicted octanol–water partition coefficient (Wildman–Crippen LogP) is 0.626. The smallest absolute Gasteiger partial charge is 0.291 e. The average molecular weight is 314 g/mol. The van der Waals surface area contributed by atoms with Gasteiger partial charge in [-0.15, -0.1) is 0 Å². The molecule has 1 aliphatic heterocycles. The van der Waals surface area contributed by atoms with E-state index in [-0.39, 0.29) is 17.8 Å². The van der Waals surface area contributed by atoms with Crippen molar-refractivity contribution in [2.45, 2.75) is 12.5 Å². The molecule has 8 nitrogen and oxygen atoms in total. The average Bonchev–Trinajstić information content (AvgIpc) is 3.03. The molecule has 8 heteroatoms. The standard InChI is InChI=1S/C15H18N6O2/c1-20(2)12-8-16-9-13(19-12)23-11-4-7-21(10-11)15(22)14-17-5-3-6-18-14/h3,5-6,8-9,11H,4,7,10H2,1-2H3/t11-/m1/s1. The minimum atomic E-state index is -0.176. The molecule has 1 saturated heterocycles. The Morgan fingerprint density at radius 2 is 2.09 bits per heavy atom. The molecule has 23 heavy (non-hydrogen) atoms. The fraction of sp³-hybridized carbons (Fsp3) is 0.400. The third-order valence-electron chi connectivity index (χ3n) is 3.53. The van der Waals surface area contributed by atoms with Gasteiger partial charge in [0.1, 0.15) is 6.10 Å². The van der Waals surface area contributed by atoms with Crippen LogP contribution in [0.4, 0.5) is 5.82 Å². The maximum atomic E-state index is 12.3. The van der Waals surface area contributed by atoms with E-state index in [0.29, 0.717) is 19.0 Å². The first-order chi connectivity index (χ1) is 11.1. The lowest BCUT2D eigenvalue weighted by Gasteiger charge is -2.17. The van der Waals surface area contributed by atoms with Crippen LogP contribution in [0, 0.1) is 0 Å². The molecule has 0 radical (unpaired) electrons. The van der Waals surface area contributed by atoms with Gasteiger partial charge in [0.15, 0.2) is 5.82 Å². The second kappa shape index (κ2) is 6.55. The molecule has 2 aromatic heterocycles. The summed E-state index contributed by atoms with van der Waals surface area (Å²) in [5.41, 5.74) is 0. The normalized spacial score (nSPS) is 17.1. The second-order valence-electron chi connectivity index (χ2n) is 5.46. The molecule has 0 unspecified atom stereocenters. The van der Waals surface area contributed by atoms with Gasteiger partial charge in [-0.1, -0.05) is 0 Å². The lowest BCUT2D eigenvalue weighted by molar-refractivity contribution is 0.0759. The molecule has 0 aromatic carbocycles. The second-order valence-corrected chi connectivity index (χ2v) is 5.46. The van der Waals surface area contributed by atoms with E-state index in [4.69, 9.17) is 4.74 Å². The van der Waals surface area contributed by atoms with Gasteiger partial charge in [0, 0.05) is 39.5 Å². The number of anilines is 1. The van der Waals surface area contributed by atoms with Crippen LogP contribution in [-0.2, 0) is 0 Å². The first-order valence-electron chi connectivity index (χ1n) is 7.36. The van der Waals surface area contributed by atoms with Crippen LogP contribution in [0.1, 0.15) is 17.0 Å². The number of ether oxygens (including phenoxy) is 1. The molecular formula is C15H18N6O2. The minimum absolute atomic E-state index is 0.102. The fourth-order valence-electron chi connectivity index (χ4n) is 2.34. The number of carbonyl (C=O) groups is 1. The van der Waals surface area contributed by atoms with Crippen LogP contribution in [0.3, 0.4) is 0 Å². The molecule has 0 spiro atoms. The lowest BCUT2D eigenvalue weighted by Crippen LogP contribution is -2.32. The van der Waals surface area contributed by atoms with Gasteiger partial charge in [0.2, 0.25) is 11.7 Å². The summed E-state index contributed by atoms with van der Waals surface area (Å²) in [5.74, 6) is 1.23. The Hall–Kier alpha value is -2.77. The van der Waals surface area contributed by atoms with Crippen molar-refractivity contribution < 1.29 is 9.53 Å². The Bertz CT molecular complexity index is 679. The Morgan fingerprint density at radius 3 is 2.83 bits per heavy atom. The number of nitrogens with zero attached hydrogens (tertiary/aromatic N) is 6. The van der Waals surface area contributed by atoms with E-state index in [2.05, 4.69) is 19.9 Å². The molecule has 2 aromatic rings. The van der Waals surface area contributed by atoms with Crippen LogP contribution >= 0.6 is 0 Å².